The van der Waals surface area contributed by atoms with Gasteiger partial charge in [0.1, 0.15) is 0 Å². The van der Waals surface area contributed by atoms with Gasteiger partial charge in [0.25, 0.3) is 0 Å². The first kappa shape index (κ1) is 7.73. The van der Waals surface area contributed by atoms with Crippen LogP contribution in [-0.4, -0.2) is 23.2 Å². The maximum absolute atomic E-state index is 5.07. The Bertz CT molecular complexity index is 239. The zero-order chi connectivity index (χ0) is 8.44. The fraction of sp³-hybridized carbons (Fsp3) is 0.750. The van der Waals surface area contributed by atoms with Crippen LogP contribution < -0.4 is 5.32 Å². The molecule has 2 heterocycles. The number of rotatable bonds is 1. The summed E-state index contributed by atoms with van der Waals surface area (Å²) in [6.45, 7) is 4.20. The summed E-state index contributed by atoms with van der Waals surface area (Å²) >= 11 is 0. The van der Waals surface area contributed by atoms with Crippen LogP contribution in [0.5, 0.6) is 0 Å². The Morgan fingerprint density at radius 2 is 2.58 bits per heavy atom. The van der Waals surface area contributed by atoms with Gasteiger partial charge in [0.2, 0.25) is 5.89 Å². The predicted molar refractivity (Wildman–Crippen MR) is 43.8 cm³/mol. The van der Waals surface area contributed by atoms with Gasteiger partial charge in [-0.1, -0.05) is 5.16 Å². The van der Waals surface area contributed by atoms with Crippen molar-refractivity contribution in [1.82, 2.24) is 15.5 Å². The smallest absolute Gasteiger partial charge is 0.233 e. The minimum Gasteiger partial charge on any atom is -0.339 e. The second-order valence-corrected chi connectivity index (χ2v) is 3.59. The minimum atomic E-state index is 0.0503. The molecule has 1 saturated heterocycles. The normalized spacial score (nSPS) is 30.4. The molecule has 0 amide bonds. The second kappa shape index (κ2) is 2.86. The molecule has 0 aliphatic carbocycles. The van der Waals surface area contributed by atoms with Crippen molar-refractivity contribution in [2.45, 2.75) is 25.2 Å². The molecular weight excluding hydrogens is 154 g/mol. The molecule has 1 aromatic heterocycles. The van der Waals surface area contributed by atoms with Crippen molar-refractivity contribution >= 4 is 0 Å². The average molecular weight is 167 g/mol. The largest absolute Gasteiger partial charge is 0.339 e. The van der Waals surface area contributed by atoms with Crippen LogP contribution in [0.25, 0.3) is 0 Å². The first-order valence-electron chi connectivity index (χ1n) is 4.29. The van der Waals surface area contributed by atoms with Crippen molar-refractivity contribution in [1.29, 1.82) is 0 Å². The molecule has 66 valence electrons. The molecular formula is C8H13N3O. The zero-order valence-corrected chi connectivity index (χ0v) is 7.21. The number of nitrogens with one attached hydrogen (secondary N) is 1. The topological polar surface area (TPSA) is 51.0 Å². The monoisotopic (exact) mass is 167 g/mol. The van der Waals surface area contributed by atoms with E-state index in [1.54, 1.807) is 0 Å². The molecule has 4 nitrogen and oxygen atoms in total. The maximum Gasteiger partial charge on any atom is 0.233 e. The van der Waals surface area contributed by atoms with E-state index in [1.807, 2.05) is 0 Å². The fourth-order valence-corrected chi connectivity index (χ4v) is 1.68. The molecule has 1 N–H and O–H groups in total. The lowest BCUT2D eigenvalue weighted by Crippen LogP contribution is -2.41. The summed E-state index contributed by atoms with van der Waals surface area (Å²) in [4.78, 5) is 4.09. The lowest BCUT2D eigenvalue weighted by Gasteiger charge is -2.30. The van der Waals surface area contributed by atoms with E-state index in [0.29, 0.717) is 0 Å². The van der Waals surface area contributed by atoms with E-state index in [1.165, 1.54) is 12.7 Å². The molecule has 2 rings (SSSR count). The summed E-state index contributed by atoms with van der Waals surface area (Å²) in [6.07, 6.45) is 3.77. The highest BCUT2D eigenvalue weighted by atomic mass is 16.5. The van der Waals surface area contributed by atoms with E-state index in [-0.39, 0.29) is 5.41 Å². The summed E-state index contributed by atoms with van der Waals surface area (Å²) in [5, 5.41) is 6.96. The molecule has 1 aromatic rings. The van der Waals surface area contributed by atoms with E-state index in [9.17, 15) is 0 Å². The SMILES string of the molecule is CC1(c2ncno2)CCCNC1. The molecule has 1 aliphatic rings. The summed E-state index contributed by atoms with van der Waals surface area (Å²) in [5.74, 6) is 0.759. The maximum atomic E-state index is 5.07. The molecule has 0 radical (unpaired) electrons. The lowest BCUT2D eigenvalue weighted by molar-refractivity contribution is 0.245. The van der Waals surface area contributed by atoms with Crippen LogP contribution in [0.15, 0.2) is 10.9 Å². The molecule has 0 aromatic carbocycles. The van der Waals surface area contributed by atoms with Gasteiger partial charge in [-0.05, 0) is 26.3 Å². The van der Waals surface area contributed by atoms with Gasteiger partial charge in [-0.15, -0.1) is 0 Å². The van der Waals surface area contributed by atoms with Crippen molar-refractivity contribution in [3.8, 4) is 0 Å². The third-order valence-corrected chi connectivity index (χ3v) is 2.47. The lowest BCUT2D eigenvalue weighted by atomic mass is 9.83. The Morgan fingerprint density at radius 3 is 3.17 bits per heavy atom. The number of hydrogen-bond donors (Lipinski definition) is 1. The molecule has 0 spiro atoms. The third-order valence-electron chi connectivity index (χ3n) is 2.47. The number of hydrogen-bond acceptors (Lipinski definition) is 4. The second-order valence-electron chi connectivity index (χ2n) is 3.59. The Labute approximate surface area is 71.4 Å². The van der Waals surface area contributed by atoms with Gasteiger partial charge in [-0.25, -0.2) is 0 Å². The first-order chi connectivity index (χ1) is 5.81. The minimum absolute atomic E-state index is 0.0503. The highest BCUT2D eigenvalue weighted by molar-refractivity contribution is 5.03. The Morgan fingerprint density at radius 1 is 1.67 bits per heavy atom. The van der Waals surface area contributed by atoms with Crippen LogP contribution in [-0.2, 0) is 5.41 Å². The molecule has 0 saturated carbocycles. The molecule has 1 atom stereocenters. The van der Waals surface area contributed by atoms with E-state index in [2.05, 4.69) is 22.4 Å². The standard InChI is InChI=1S/C8H13N3O/c1-8(3-2-4-9-5-8)7-10-6-11-12-7/h6,9H,2-5H2,1H3. The van der Waals surface area contributed by atoms with Crippen LogP contribution in [0.3, 0.4) is 0 Å². The quantitative estimate of drug-likeness (QED) is 0.669. The van der Waals surface area contributed by atoms with E-state index >= 15 is 0 Å². The highest BCUT2D eigenvalue weighted by Crippen LogP contribution is 2.28. The van der Waals surface area contributed by atoms with Gasteiger partial charge in [0.05, 0.1) is 5.41 Å². The number of piperidine rings is 1. The molecule has 0 bridgehead atoms. The van der Waals surface area contributed by atoms with Crippen molar-refractivity contribution in [2.75, 3.05) is 13.1 Å². The average Bonchev–Trinajstić information content (AvgIpc) is 2.58. The predicted octanol–water partition coefficient (Wildman–Crippen LogP) is 0.711. The molecule has 12 heavy (non-hydrogen) atoms. The van der Waals surface area contributed by atoms with E-state index in [0.717, 1.165) is 25.4 Å². The molecule has 1 fully saturated rings. The van der Waals surface area contributed by atoms with Gasteiger partial charge < -0.3 is 9.84 Å². The van der Waals surface area contributed by atoms with Crippen molar-refractivity contribution in [3.63, 3.8) is 0 Å². The number of nitrogens with zero attached hydrogens (tertiary/aromatic N) is 2. The summed E-state index contributed by atoms with van der Waals surface area (Å²) in [5.41, 5.74) is 0.0503. The van der Waals surface area contributed by atoms with Gasteiger partial charge in [0.15, 0.2) is 6.33 Å². The molecule has 1 unspecified atom stereocenters. The van der Waals surface area contributed by atoms with Gasteiger partial charge in [-0.3, -0.25) is 0 Å². The van der Waals surface area contributed by atoms with Crippen molar-refractivity contribution in [3.05, 3.63) is 12.2 Å². The number of aromatic nitrogens is 2. The van der Waals surface area contributed by atoms with E-state index in [4.69, 9.17) is 4.52 Å². The summed E-state index contributed by atoms with van der Waals surface area (Å²) in [6, 6.07) is 0. The summed E-state index contributed by atoms with van der Waals surface area (Å²) in [7, 11) is 0. The molecule has 4 heteroatoms. The van der Waals surface area contributed by atoms with Crippen LogP contribution in [0.4, 0.5) is 0 Å². The Balaban J connectivity index is 2.19. The summed E-state index contributed by atoms with van der Waals surface area (Å²) < 4.78 is 5.07. The van der Waals surface area contributed by atoms with Crippen LogP contribution >= 0.6 is 0 Å². The van der Waals surface area contributed by atoms with Gasteiger partial charge in [0, 0.05) is 6.54 Å². The van der Waals surface area contributed by atoms with Crippen molar-refractivity contribution < 1.29 is 4.52 Å². The Kier molecular flexibility index (Phi) is 1.84. The van der Waals surface area contributed by atoms with Crippen molar-refractivity contribution in [2.24, 2.45) is 0 Å². The van der Waals surface area contributed by atoms with Crippen LogP contribution in [0, 0.1) is 0 Å². The van der Waals surface area contributed by atoms with Gasteiger partial charge in [-0.2, -0.15) is 4.98 Å². The highest BCUT2D eigenvalue weighted by Gasteiger charge is 2.33. The molecule has 1 aliphatic heterocycles. The third kappa shape index (κ3) is 1.22. The van der Waals surface area contributed by atoms with Crippen LogP contribution in [0.2, 0.25) is 0 Å². The van der Waals surface area contributed by atoms with Crippen LogP contribution in [0.1, 0.15) is 25.7 Å². The van der Waals surface area contributed by atoms with Gasteiger partial charge >= 0.3 is 0 Å². The zero-order valence-electron chi connectivity index (χ0n) is 7.21. The first-order valence-corrected chi connectivity index (χ1v) is 4.29. The Hall–Kier alpha value is -0.900. The fourth-order valence-electron chi connectivity index (χ4n) is 1.68. The van der Waals surface area contributed by atoms with E-state index < -0.39 is 0 Å².